The molecule has 0 bridgehead atoms. The molecular formula is C15H24F3NO. The van der Waals surface area contributed by atoms with Crippen LogP contribution in [0.5, 0.6) is 0 Å². The smallest absolute Gasteiger partial charge is 0.276 e. The Morgan fingerprint density at radius 1 is 1.25 bits per heavy atom. The van der Waals surface area contributed by atoms with Crippen LogP contribution >= 0.6 is 0 Å². The van der Waals surface area contributed by atoms with E-state index >= 15 is 0 Å². The number of hydrogen-bond donors (Lipinski definition) is 0. The molecule has 2 nitrogen and oxygen atoms in total. The third-order valence-electron chi connectivity index (χ3n) is 5.49. The van der Waals surface area contributed by atoms with Gasteiger partial charge in [-0.1, -0.05) is 20.8 Å². The molecule has 0 aromatic rings. The second-order valence-electron chi connectivity index (χ2n) is 7.71. The second-order valence-corrected chi connectivity index (χ2v) is 7.71. The maximum Gasteiger partial charge on any atom is 0.276 e. The number of hydrogen-bond acceptors (Lipinski definition) is 2. The Morgan fingerprint density at radius 3 is 2.45 bits per heavy atom. The van der Waals surface area contributed by atoms with Crippen molar-refractivity contribution in [3.05, 3.63) is 0 Å². The second kappa shape index (κ2) is 4.35. The van der Waals surface area contributed by atoms with E-state index in [0.29, 0.717) is 19.6 Å². The molecule has 2 aliphatic heterocycles. The first-order chi connectivity index (χ1) is 9.16. The first-order valence-corrected chi connectivity index (χ1v) is 7.56. The topological polar surface area (TPSA) is 12.5 Å². The predicted molar refractivity (Wildman–Crippen MR) is 70.7 cm³/mol. The fraction of sp³-hybridized carbons (Fsp3) is 1.00. The SMILES string of the molecule is CC(C)(C)C12CCC(COC3CC3(F)F)N1CC(F)C2. The molecule has 0 aromatic heterocycles. The fourth-order valence-electron chi connectivity index (χ4n) is 4.12. The standard InChI is InChI=1S/C15H24F3NO/c1-13(2,3)14-5-4-11(19(14)8-10(16)6-14)9-20-12-7-15(12,17)18/h10-12H,4-9H2,1-3H3. The van der Waals surface area contributed by atoms with Gasteiger partial charge < -0.3 is 4.74 Å². The summed E-state index contributed by atoms with van der Waals surface area (Å²) in [4.78, 5) is 2.21. The average molecular weight is 291 g/mol. The molecule has 2 saturated heterocycles. The summed E-state index contributed by atoms with van der Waals surface area (Å²) in [5, 5.41) is 0. The summed E-state index contributed by atoms with van der Waals surface area (Å²) in [7, 11) is 0. The van der Waals surface area contributed by atoms with Crippen molar-refractivity contribution in [1.82, 2.24) is 4.90 Å². The Morgan fingerprint density at radius 2 is 1.90 bits per heavy atom. The van der Waals surface area contributed by atoms with Crippen molar-refractivity contribution < 1.29 is 17.9 Å². The van der Waals surface area contributed by atoms with Crippen LogP contribution in [-0.2, 0) is 4.74 Å². The summed E-state index contributed by atoms with van der Waals surface area (Å²) in [5.41, 5.74) is -0.140. The highest BCUT2D eigenvalue weighted by atomic mass is 19.3. The van der Waals surface area contributed by atoms with Crippen molar-refractivity contribution in [3.63, 3.8) is 0 Å². The number of nitrogens with zero attached hydrogens (tertiary/aromatic N) is 1. The van der Waals surface area contributed by atoms with Gasteiger partial charge in [0.25, 0.3) is 5.92 Å². The molecule has 5 heteroatoms. The van der Waals surface area contributed by atoms with Crippen molar-refractivity contribution in [2.24, 2.45) is 5.41 Å². The first-order valence-electron chi connectivity index (χ1n) is 7.56. The van der Waals surface area contributed by atoms with Crippen molar-refractivity contribution in [1.29, 1.82) is 0 Å². The van der Waals surface area contributed by atoms with E-state index in [4.69, 9.17) is 4.74 Å². The maximum atomic E-state index is 13.9. The Labute approximate surface area is 118 Å². The van der Waals surface area contributed by atoms with E-state index in [-0.39, 0.29) is 23.4 Å². The molecule has 116 valence electrons. The third kappa shape index (κ3) is 2.17. The zero-order chi connectivity index (χ0) is 14.8. The summed E-state index contributed by atoms with van der Waals surface area (Å²) in [6.45, 7) is 7.18. The molecule has 3 rings (SSSR count). The number of alkyl halides is 3. The van der Waals surface area contributed by atoms with E-state index in [2.05, 4.69) is 25.7 Å². The highest BCUT2D eigenvalue weighted by Crippen LogP contribution is 2.53. The van der Waals surface area contributed by atoms with Crippen LogP contribution in [0.4, 0.5) is 13.2 Å². The summed E-state index contributed by atoms with van der Waals surface area (Å²) in [5.74, 6) is -2.63. The van der Waals surface area contributed by atoms with Crippen molar-refractivity contribution in [3.8, 4) is 0 Å². The summed E-state index contributed by atoms with van der Waals surface area (Å²) < 4.78 is 45.0. The zero-order valence-corrected chi connectivity index (χ0v) is 12.5. The molecule has 3 aliphatic rings. The highest BCUT2D eigenvalue weighted by Gasteiger charge is 2.61. The lowest BCUT2D eigenvalue weighted by molar-refractivity contribution is -0.0237. The van der Waals surface area contributed by atoms with Crippen LogP contribution < -0.4 is 0 Å². The van der Waals surface area contributed by atoms with Gasteiger partial charge in [0.2, 0.25) is 0 Å². The Bertz CT molecular complexity index is 395. The van der Waals surface area contributed by atoms with Gasteiger partial charge in [0.1, 0.15) is 12.3 Å². The number of fused-ring (bicyclic) bond motifs is 1. The van der Waals surface area contributed by atoms with Crippen molar-refractivity contribution >= 4 is 0 Å². The number of rotatable bonds is 3. The van der Waals surface area contributed by atoms with Crippen molar-refractivity contribution in [2.75, 3.05) is 13.2 Å². The molecule has 2 heterocycles. The molecule has 1 saturated carbocycles. The van der Waals surface area contributed by atoms with E-state index in [1.807, 2.05) is 0 Å². The molecule has 0 N–H and O–H groups in total. The monoisotopic (exact) mass is 291 g/mol. The molecule has 4 unspecified atom stereocenters. The van der Waals surface area contributed by atoms with Gasteiger partial charge in [-0.2, -0.15) is 0 Å². The fourth-order valence-corrected chi connectivity index (χ4v) is 4.12. The van der Waals surface area contributed by atoms with Crippen molar-refractivity contribution in [2.45, 2.75) is 76.2 Å². The van der Waals surface area contributed by atoms with Crippen LogP contribution in [-0.4, -0.2) is 47.8 Å². The Kier molecular flexibility index (Phi) is 3.19. The lowest BCUT2D eigenvalue weighted by Crippen LogP contribution is -2.52. The highest BCUT2D eigenvalue weighted by molar-refractivity contribution is 5.12. The first kappa shape index (κ1) is 14.6. The van der Waals surface area contributed by atoms with E-state index < -0.39 is 18.2 Å². The van der Waals surface area contributed by atoms with Crippen LogP contribution in [0.3, 0.4) is 0 Å². The zero-order valence-electron chi connectivity index (χ0n) is 12.5. The molecule has 1 aliphatic carbocycles. The molecule has 20 heavy (non-hydrogen) atoms. The summed E-state index contributed by atoms with van der Waals surface area (Å²) in [6.07, 6.45) is 0.548. The minimum absolute atomic E-state index is 0.00783. The third-order valence-corrected chi connectivity index (χ3v) is 5.49. The lowest BCUT2D eigenvalue weighted by Gasteiger charge is -2.45. The van der Waals surface area contributed by atoms with E-state index in [9.17, 15) is 13.2 Å². The molecule has 0 amide bonds. The molecule has 3 fully saturated rings. The maximum absolute atomic E-state index is 13.9. The molecular weight excluding hydrogens is 267 g/mol. The molecule has 4 atom stereocenters. The van der Waals surface area contributed by atoms with Crippen LogP contribution in [0.2, 0.25) is 0 Å². The van der Waals surface area contributed by atoms with Gasteiger partial charge in [-0.3, -0.25) is 4.90 Å². The minimum atomic E-state index is -2.63. The van der Waals surface area contributed by atoms with Gasteiger partial charge in [-0.25, -0.2) is 13.2 Å². The molecule has 0 radical (unpaired) electrons. The van der Waals surface area contributed by atoms with Gasteiger partial charge in [0.05, 0.1) is 6.61 Å². The number of halogens is 3. The summed E-state index contributed by atoms with van der Waals surface area (Å²) >= 11 is 0. The predicted octanol–water partition coefficient (Wildman–Crippen LogP) is 3.40. The molecule has 0 spiro atoms. The van der Waals surface area contributed by atoms with Crippen LogP contribution in [0, 0.1) is 5.41 Å². The Balaban J connectivity index is 1.67. The van der Waals surface area contributed by atoms with Gasteiger partial charge >= 0.3 is 0 Å². The van der Waals surface area contributed by atoms with Crippen LogP contribution in [0.25, 0.3) is 0 Å². The largest absolute Gasteiger partial charge is 0.370 e. The van der Waals surface area contributed by atoms with Gasteiger partial charge in [0, 0.05) is 24.5 Å². The van der Waals surface area contributed by atoms with E-state index in [1.165, 1.54) is 0 Å². The van der Waals surface area contributed by atoms with Gasteiger partial charge in [-0.15, -0.1) is 0 Å². The molecule has 0 aromatic carbocycles. The van der Waals surface area contributed by atoms with Gasteiger partial charge in [0.15, 0.2) is 0 Å². The Hall–Kier alpha value is -0.290. The normalized spacial score (nSPS) is 43.8. The van der Waals surface area contributed by atoms with Crippen LogP contribution in [0.15, 0.2) is 0 Å². The van der Waals surface area contributed by atoms with Crippen LogP contribution in [0.1, 0.15) is 46.5 Å². The quantitative estimate of drug-likeness (QED) is 0.790. The summed E-state index contributed by atoms with van der Waals surface area (Å²) in [6, 6.07) is 0.0892. The van der Waals surface area contributed by atoms with E-state index in [1.54, 1.807) is 0 Å². The van der Waals surface area contributed by atoms with Gasteiger partial charge in [-0.05, 0) is 24.7 Å². The lowest BCUT2D eigenvalue weighted by atomic mass is 9.71. The average Bonchev–Trinajstić information content (AvgIpc) is 2.66. The minimum Gasteiger partial charge on any atom is -0.370 e. The number of ether oxygens (including phenoxy) is 1. The van der Waals surface area contributed by atoms with E-state index in [0.717, 1.165) is 12.8 Å².